The van der Waals surface area contributed by atoms with Crippen molar-refractivity contribution in [3.05, 3.63) is 95.8 Å². The second-order valence-corrected chi connectivity index (χ2v) is 6.02. The molecule has 0 aliphatic heterocycles. The molecule has 1 heterocycles. The zero-order valence-corrected chi connectivity index (χ0v) is 13.9. The number of nitrogens with zero attached hydrogens (tertiary/aromatic N) is 1. The van der Waals surface area contributed by atoms with Gasteiger partial charge in [0.05, 0.1) is 12.5 Å². The molecule has 1 atom stereocenters. The van der Waals surface area contributed by atoms with Gasteiger partial charge in [0.1, 0.15) is 0 Å². The van der Waals surface area contributed by atoms with E-state index in [2.05, 4.69) is 41.1 Å². The Balaban J connectivity index is 1.70. The normalized spacial score (nSPS) is 11.9. The van der Waals surface area contributed by atoms with E-state index < -0.39 is 0 Å². The molecule has 0 spiro atoms. The summed E-state index contributed by atoms with van der Waals surface area (Å²) in [5.41, 5.74) is 3.48. The zero-order valence-electron chi connectivity index (χ0n) is 13.9. The van der Waals surface area contributed by atoms with Gasteiger partial charge < -0.3 is 9.88 Å². The van der Waals surface area contributed by atoms with E-state index in [1.54, 1.807) is 0 Å². The number of benzene rings is 2. The SMILES string of the molecule is Cc1ccc(C(CC(=O)NCc2ccccc2)n2cccc2)cc1. The molecule has 1 unspecified atom stereocenters. The van der Waals surface area contributed by atoms with Crippen molar-refractivity contribution >= 4 is 5.91 Å². The van der Waals surface area contributed by atoms with E-state index in [0.717, 1.165) is 11.1 Å². The Labute approximate surface area is 143 Å². The van der Waals surface area contributed by atoms with E-state index in [1.807, 2.05) is 54.9 Å². The number of rotatable bonds is 6. The van der Waals surface area contributed by atoms with Crippen molar-refractivity contribution in [1.82, 2.24) is 9.88 Å². The van der Waals surface area contributed by atoms with Crippen LogP contribution >= 0.6 is 0 Å². The Morgan fingerprint density at radius 2 is 1.62 bits per heavy atom. The first kappa shape index (κ1) is 16.1. The molecule has 122 valence electrons. The van der Waals surface area contributed by atoms with Crippen LogP contribution in [0.1, 0.15) is 29.2 Å². The number of amides is 1. The van der Waals surface area contributed by atoms with E-state index in [0.29, 0.717) is 13.0 Å². The van der Waals surface area contributed by atoms with Gasteiger partial charge in [0.15, 0.2) is 0 Å². The van der Waals surface area contributed by atoms with Crippen molar-refractivity contribution in [2.45, 2.75) is 25.9 Å². The Bertz CT molecular complexity index is 761. The van der Waals surface area contributed by atoms with E-state index >= 15 is 0 Å². The van der Waals surface area contributed by atoms with Gasteiger partial charge in [-0.1, -0.05) is 60.2 Å². The average molecular weight is 318 g/mol. The van der Waals surface area contributed by atoms with E-state index in [4.69, 9.17) is 0 Å². The molecule has 3 rings (SSSR count). The average Bonchev–Trinajstić information content (AvgIpc) is 3.14. The summed E-state index contributed by atoms with van der Waals surface area (Å²) in [6.45, 7) is 2.63. The summed E-state index contributed by atoms with van der Waals surface area (Å²) >= 11 is 0. The van der Waals surface area contributed by atoms with Crippen molar-refractivity contribution in [1.29, 1.82) is 0 Å². The lowest BCUT2D eigenvalue weighted by atomic mass is 10.0. The van der Waals surface area contributed by atoms with Crippen LogP contribution in [0.4, 0.5) is 0 Å². The third-order valence-electron chi connectivity index (χ3n) is 4.16. The van der Waals surface area contributed by atoms with Crippen LogP contribution in [0.25, 0.3) is 0 Å². The number of carbonyl (C=O) groups is 1. The maximum atomic E-state index is 12.4. The van der Waals surface area contributed by atoms with Crippen LogP contribution in [0.15, 0.2) is 79.1 Å². The Hall–Kier alpha value is -2.81. The summed E-state index contributed by atoms with van der Waals surface area (Å²) in [4.78, 5) is 12.4. The predicted molar refractivity (Wildman–Crippen MR) is 96.7 cm³/mol. The minimum absolute atomic E-state index is 0.0105. The number of aryl methyl sites for hydroxylation is 1. The van der Waals surface area contributed by atoms with E-state index in [-0.39, 0.29) is 11.9 Å². The summed E-state index contributed by atoms with van der Waals surface area (Å²) in [5.74, 6) is 0.0538. The molecule has 2 aromatic carbocycles. The fourth-order valence-corrected chi connectivity index (χ4v) is 2.78. The van der Waals surface area contributed by atoms with Crippen molar-refractivity contribution in [2.24, 2.45) is 0 Å². The highest BCUT2D eigenvalue weighted by atomic mass is 16.1. The molecule has 0 aliphatic rings. The fourth-order valence-electron chi connectivity index (χ4n) is 2.78. The lowest BCUT2D eigenvalue weighted by Crippen LogP contribution is -2.26. The number of hydrogen-bond donors (Lipinski definition) is 1. The molecular weight excluding hydrogens is 296 g/mol. The summed E-state index contributed by atoms with van der Waals surface area (Å²) in [7, 11) is 0. The van der Waals surface area contributed by atoms with Gasteiger partial charge in [-0.05, 0) is 30.2 Å². The molecule has 1 aromatic heterocycles. The number of carbonyl (C=O) groups excluding carboxylic acids is 1. The molecule has 3 aromatic rings. The number of aromatic nitrogens is 1. The first-order valence-electron chi connectivity index (χ1n) is 8.22. The van der Waals surface area contributed by atoms with Gasteiger partial charge in [-0.3, -0.25) is 4.79 Å². The second-order valence-electron chi connectivity index (χ2n) is 6.02. The minimum Gasteiger partial charge on any atom is -0.352 e. The molecule has 3 heteroatoms. The van der Waals surface area contributed by atoms with Crippen molar-refractivity contribution in [3.8, 4) is 0 Å². The van der Waals surface area contributed by atoms with E-state index in [9.17, 15) is 4.79 Å². The first-order chi connectivity index (χ1) is 11.7. The molecule has 1 amide bonds. The molecule has 24 heavy (non-hydrogen) atoms. The largest absolute Gasteiger partial charge is 0.352 e. The molecule has 0 aliphatic carbocycles. The number of nitrogens with one attached hydrogen (secondary N) is 1. The maximum Gasteiger partial charge on any atom is 0.222 e. The van der Waals surface area contributed by atoms with Crippen LogP contribution in [0.5, 0.6) is 0 Å². The third-order valence-corrected chi connectivity index (χ3v) is 4.16. The van der Waals surface area contributed by atoms with Crippen LogP contribution < -0.4 is 5.32 Å². The van der Waals surface area contributed by atoms with Gasteiger partial charge in [-0.2, -0.15) is 0 Å². The topological polar surface area (TPSA) is 34.0 Å². The second kappa shape index (κ2) is 7.64. The van der Waals surface area contributed by atoms with Crippen LogP contribution in [-0.2, 0) is 11.3 Å². The first-order valence-corrected chi connectivity index (χ1v) is 8.22. The Morgan fingerprint density at radius 3 is 2.29 bits per heavy atom. The highest BCUT2D eigenvalue weighted by Gasteiger charge is 2.17. The molecule has 0 fully saturated rings. The summed E-state index contributed by atoms with van der Waals surface area (Å²) in [6, 6.07) is 22.4. The Kier molecular flexibility index (Phi) is 5.12. The van der Waals surface area contributed by atoms with Crippen molar-refractivity contribution in [2.75, 3.05) is 0 Å². The summed E-state index contributed by atoms with van der Waals surface area (Å²) in [6.07, 6.45) is 4.44. The van der Waals surface area contributed by atoms with Crippen molar-refractivity contribution in [3.63, 3.8) is 0 Å². The van der Waals surface area contributed by atoms with Gasteiger partial charge in [-0.25, -0.2) is 0 Å². The molecule has 0 bridgehead atoms. The molecule has 0 radical (unpaired) electrons. The smallest absolute Gasteiger partial charge is 0.222 e. The highest BCUT2D eigenvalue weighted by molar-refractivity contribution is 5.76. The molecule has 0 saturated carbocycles. The standard InChI is InChI=1S/C21H22N2O/c1-17-9-11-19(12-10-17)20(23-13-5-6-14-23)15-21(24)22-16-18-7-3-2-4-8-18/h2-14,20H,15-16H2,1H3,(H,22,24). The maximum absolute atomic E-state index is 12.4. The quantitative estimate of drug-likeness (QED) is 0.729. The molecule has 1 N–H and O–H groups in total. The fraction of sp³-hybridized carbons (Fsp3) is 0.190. The minimum atomic E-state index is 0.0105. The summed E-state index contributed by atoms with van der Waals surface area (Å²) < 4.78 is 2.09. The summed E-state index contributed by atoms with van der Waals surface area (Å²) in [5, 5.41) is 3.02. The van der Waals surface area contributed by atoms with Gasteiger partial charge in [-0.15, -0.1) is 0 Å². The van der Waals surface area contributed by atoms with Crippen LogP contribution in [0, 0.1) is 6.92 Å². The third kappa shape index (κ3) is 4.13. The monoisotopic (exact) mass is 318 g/mol. The molecule has 3 nitrogen and oxygen atoms in total. The van der Waals surface area contributed by atoms with E-state index in [1.165, 1.54) is 5.56 Å². The van der Waals surface area contributed by atoms with Gasteiger partial charge in [0.25, 0.3) is 0 Å². The predicted octanol–water partition coefficient (Wildman–Crippen LogP) is 4.09. The van der Waals surface area contributed by atoms with Crippen LogP contribution in [0.2, 0.25) is 0 Å². The number of hydrogen-bond acceptors (Lipinski definition) is 1. The van der Waals surface area contributed by atoms with Gasteiger partial charge in [0.2, 0.25) is 5.91 Å². The van der Waals surface area contributed by atoms with Gasteiger partial charge >= 0.3 is 0 Å². The van der Waals surface area contributed by atoms with Crippen molar-refractivity contribution < 1.29 is 4.79 Å². The van der Waals surface area contributed by atoms with Crippen LogP contribution in [0.3, 0.4) is 0 Å². The Morgan fingerprint density at radius 1 is 0.958 bits per heavy atom. The van der Waals surface area contributed by atoms with Crippen LogP contribution in [-0.4, -0.2) is 10.5 Å². The lowest BCUT2D eigenvalue weighted by molar-refractivity contribution is -0.121. The lowest BCUT2D eigenvalue weighted by Gasteiger charge is -2.19. The van der Waals surface area contributed by atoms with Gasteiger partial charge in [0, 0.05) is 18.9 Å². The zero-order chi connectivity index (χ0) is 16.8. The highest BCUT2D eigenvalue weighted by Crippen LogP contribution is 2.22. The molecule has 0 saturated heterocycles. The molecular formula is C21H22N2O.